The molecule has 0 spiro atoms. The van der Waals surface area contributed by atoms with Gasteiger partial charge in [0.15, 0.2) is 0 Å². The summed E-state index contributed by atoms with van der Waals surface area (Å²) >= 11 is 1.69. The molecule has 104 valence electrons. The van der Waals surface area contributed by atoms with Crippen molar-refractivity contribution >= 4 is 29.4 Å². The highest BCUT2D eigenvalue weighted by Gasteiger charge is 2.19. The predicted molar refractivity (Wildman–Crippen MR) is 82.7 cm³/mol. The first-order valence-electron chi connectivity index (χ1n) is 7.12. The highest BCUT2D eigenvalue weighted by atomic mass is 32.1. The van der Waals surface area contributed by atoms with E-state index in [9.17, 15) is 4.79 Å². The Morgan fingerprint density at radius 2 is 2.20 bits per heavy atom. The first kappa shape index (κ1) is 13.3. The van der Waals surface area contributed by atoms with Gasteiger partial charge in [0.25, 0.3) is 0 Å². The van der Waals surface area contributed by atoms with Crippen molar-refractivity contribution in [3.8, 4) is 0 Å². The van der Waals surface area contributed by atoms with Crippen LogP contribution in [0.15, 0.2) is 29.8 Å². The van der Waals surface area contributed by atoms with Crippen molar-refractivity contribution in [2.24, 2.45) is 5.92 Å². The number of nitrogens with zero attached hydrogens (tertiary/aromatic N) is 2. The summed E-state index contributed by atoms with van der Waals surface area (Å²) in [5.74, 6) is 0.685. The zero-order valence-corrected chi connectivity index (χ0v) is 12.2. The monoisotopic (exact) mass is 286 g/mol. The van der Waals surface area contributed by atoms with Gasteiger partial charge in [-0.25, -0.2) is 4.68 Å². The van der Waals surface area contributed by atoms with Crippen LogP contribution in [-0.4, -0.2) is 15.7 Å². The van der Waals surface area contributed by atoms with Crippen LogP contribution >= 0.6 is 11.3 Å². The molecule has 1 fully saturated rings. The molecule has 0 aromatic carbocycles. The molecule has 2 heterocycles. The lowest BCUT2D eigenvalue weighted by molar-refractivity contribution is 0.0864. The molecular formula is C16H18N2OS. The van der Waals surface area contributed by atoms with Gasteiger partial charge in [-0.1, -0.05) is 18.9 Å². The molecule has 1 aliphatic rings. The summed E-state index contributed by atoms with van der Waals surface area (Å²) in [6.07, 6.45) is 11.3. The molecule has 0 bridgehead atoms. The van der Waals surface area contributed by atoms with E-state index in [1.54, 1.807) is 17.5 Å². The van der Waals surface area contributed by atoms with E-state index in [4.69, 9.17) is 0 Å². The van der Waals surface area contributed by atoms with Crippen LogP contribution in [0.1, 0.15) is 47.5 Å². The second kappa shape index (κ2) is 6.18. The molecule has 0 aliphatic heterocycles. The Labute approximate surface area is 122 Å². The van der Waals surface area contributed by atoms with Gasteiger partial charge in [0, 0.05) is 17.5 Å². The lowest BCUT2D eigenvalue weighted by atomic mass is 10.0. The Morgan fingerprint density at radius 3 is 2.95 bits per heavy atom. The maximum absolute atomic E-state index is 12.1. The van der Waals surface area contributed by atoms with Crippen molar-refractivity contribution < 1.29 is 4.79 Å². The standard InChI is InChI=1S/C16H18N2OS/c19-16(12-13-4-1-2-5-13)18-10-9-14(17-18)7-8-15-6-3-11-20-15/h3,6-11,13H,1-2,4-5,12H2/b8-7+. The Kier molecular flexibility index (Phi) is 4.11. The first-order valence-corrected chi connectivity index (χ1v) is 8.00. The summed E-state index contributed by atoms with van der Waals surface area (Å²) in [4.78, 5) is 13.3. The first-order chi connectivity index (χ1) is 9.81. The fourth-order valence-electron chi connectivity index (χ4n) is 2.67. The predicted octanol–water partition coefficient (Wildman–Crippen LogP) is 4.34. The molecule has 3 rings (SSSR count). The molecule has 4 heteroatoms. The van der Waals surface area contributed by atoms with E-state index in [1.165, 1.54) is 35.2 Å². The Hall–Kier alpha value is -1.68. The second-order valence-corrected chi connectivity index (χ2v) is 6.26. The van der Waals surface area contributed by atoms with E-state index in [0.29, 0.717) is 12.3 Å². The Morgan fingerprint density at radius 1 is 1.35 bits per heavy atom. The summed E-state index contributed by atoms with van der Waals surface area (Å²) in [5.41, 5.74) is 0.832. The van der Waals surface area contributed by atoms with E-state index in [-0.39, 0.29) is 5.91 Å². The minimum absolute atomic E-state index is 0.118. The van der Waals surface area contributed by atoms with Crippen LogP contribution in [0, 0.1) is 5.92 Å². The molecular weight excluding hydrogens is 268 g/mol. The minimum Gasteiger partial charge on any atom is -0.273 e. The smallest absolute Gasteiger partial charge is 0.247 e. The summed E-state index contributed by atoms with van der Waals surface area (Å²) in [6, 6.07) is 5.97. The molecule has 1 aliphatic carbocycles. The van der Waals surface area contributed by atoms with Crippen LogP contribution in [0.3, 0.4) is 0 Å². The maximum atomic E-state index is 12.1. The highest BCUT2D eigenvalue weighted by molar-refractivity contribution is 7.10. The molecule has 2 aromatic heterocycles. The van der Waals surface area contributed by atoms with Crippen LogP contribution in [-0.2, 0) is 0 Å². The van der Waals surface area contributed by atoms with Gasteiger partial charge in [0.05, 0.1) is 5.69 Å². The van der Waals surface area contributed by atoms with E-state index in [0.717, 1.165) is 5.69 Å². The molecule has 0 N–H and O–H groups in total. The van der Waals surface area contributed by atoms with E-state index in [2.05, 4.69) is 11.2 Å². The molecule has 2 aromatic rings. The van der Waals surface area contributed by atoms with Crippen molar-refractivity contribution in [3.63, 3.8) is 0 Å². The third-order valence-electron chi connectivity index (χ3n) is 3.76. The third kappa shape index (κ3) is 3.25. The fourth-order valence-corrected chi connectivity index (χ4v) is 3.29. The van der Waals surface area contributed by atoms with Crippen LogP contribution in [0.2, 0.25) is 0 Å². The highest BCUT2D eigenvalue weighted by Crippen LogP contribution is 2.27. The molecule has 0 radical (unpaired) electrons. The number of aromatic nitrogens is 2. The largest absolute Gasteiger partial charge is 0.273 e. The Bertz CT molecular complexity index is 592. The summed E-state index contributed by atoms with van der Waals surface area (Å²) in [7, 11) is 0. The second-order valence-electron chi connectivity index (χ2n) is 5.28. The van der Waals surface area contributed by atoms with E-state index in [1.807, 2.05) is 29.7 Å². The van der Waals surface area contributed by atoms with Gasteiger partial charge >= 0.3 is 0 Å². The number of hydrogen-bond donors (Lipinski definition) is 0. The normalized spacial score (nSPS) is 16.2. The summed E-state index contributed by atoms with van der Waals surface area (Å²) in [5, 5.41) is 6.38. The average molecular weight is 286 g/mol. The summed E-state index contributed by atoms with van der Waals surface area (Å²) < 4.78 is 1.49. The van der Waals surface area contributed by atoms with Gasteiger partial charge in [-0.05, 0) is 48.4 Å². The fraction of sp³-hybridized carbons (Fsp3) is 0.375. The molecule has 0 amide bonds. The van der Waals surface area contributed by atoms with Crippen molar-refractivity contribution in [2.45, 2.75) is 32.1 Å². The number of thiophene rings is 1. The van der Waals surface area contributed by atoms with E-state index >= 15 is 0 Å². The molecule has 1 saturated carbocycles. The lowest BCUT2D eigenvalue weighted by Crippen LogP contribution is -2.14. The van der Waals surface area contributed by atoms with Gasteiger partial charge in [-0.15, -0.1) is 11.3 Å². The topological polar surface area (TPSA) is 34.9 Å². The van der Waals surface area contributed by atoms with Crippen LogP contribution in [0.4, 0.5) is 0 Å². The number of rotatable bonds is 4. The van der Waals surface area contributed by atoms with Gasteiger partial charge in [0.1, 0.15) is 0 Å². The molecule has 0 unspecified atom stereocenters. The Balaban J connectivity index is 1.62. The zero-order chi connectivity index (χ0) is 13.8. The number of hydrogen-bond acceptors (Lipinski definition) is 3. The SMILES string of the molecule is O=C(CC1CCCC1)n1ccc(/C=C/c2cccs2)n1. The third-order valence-corrected chi connectivity index (χ3v) is 4.60. The van der Waals surface area contributed by atoms with Gasteiger partial charge in [-0.3, -0.25) is 4.79 Å². The van der Waals surface area contributed by atoms with Gasteiger partial charge in [-0.2, -0.15) is 5.10 Å². The van der Waals surface area contributed by atoms with E-state index < -0.39 is 0 Å². The average Bonchev–Trinajstić information content (AvgIpc) is 3.19. The lowest BCUT2D eigenvalue weighted by Gasteiger charge is -2.06. The molecule has 3 nitrogen and oxygen atoms in total. The zero-order valence-electron chi connectivity index (χ0n) is 11.4. The van der Waals surface area contributed by atoms with Crippen LogP contribution < -0.4 is 0 Å². The molecule has 0 atom stereocenters. The maximum Gasteiger partial charge on any atom is 0.247 e. The van der Waals surface area contributed by atoms with Gasteiger partial charge in [0.2, 0.25) is 5.91 Å². The summed E-state index contributed by atoms with van der Waals surface area (Å²) in [6.45, 7) is 0. The van der Waals surface area contributed by atoms with Crippen molar-refractivity contribution in [1.82, 2.24) is 9.78 Å². The molecule has 0 saturated heterocycles. The number of carbonyl (C=O) groups is 1. The minimum atomic E-state index is 0.118. The molecule has 20 heavy (non-hydrogen) atoms. The van der Waals surface area contributed by atoms with Crippen molar-refractivity contribution in [1.29, 1.82) is 0 Å². The quantitative estimate of drug-likeness (QED) is 0.838. The van der Waals surface area contributed by atoms with Gasteiger partial charge < -0.3 is 0 Å². The van der Waals surface area contributed by atoms with Crippen molar-refractivity contribution in [3.05, 3.63) is 40.3 Å². The van der Waals surface area contributed by atoms with Crippen LogP contribution in [0.25, 0.3) is 12.2 Å². The van der Waals surface area contributed by atoms with Crippen LogP contribution in [0.5, 0.6) is 0 Å². The number of carbonyl (C=O) groups excluding carboxylic acids is 1. The van der Waals surface area contributed by atoms with Crippen molar-refractivity contribution in [2.75, 3.05) is 0 Å².